The lowest BCUT2D eigenvalue weighted by molar-refractivity contribution is -0.00930. The fourth-order valence-corrected chi connectivity index (χ4v) is 1.51. The van der Waals surface area contributed by atoms with Gasteiger partial charge in [-0.05, 0) is 18.6 Å². The highest BCUT2D eigenvalue weighted by atomic mass is 19.1. The molecule has 6 heteroatoms. The van der Waals surface area contributed by atoms with Gasteiger partial charge in [0.15, 0.2) is 12.3 Å². The number of ether oxygens (including phenoxy) is 1. The summed E-state index contributed by atoms with van der Waals surface area (Å²) in [4.78, 5) is 16.3. The van der Waals surface area contributed by atoms with Gasteiger partial charge in [0.2, 0.25) is 0 Å². The van der Waals surface area contributed by atoms with Crippen molar-refractivity contribution in [2.75, 3.05) is 7.11 Å². The van der Waals surface area contributed by atoms with Gasteiger partial charge in [-0.25, -0.2) is 9.18 Å². The number of oxime groups is 1. The highest BCUT2D eigenvalue weighted by molar-refractivity contribution is 5.90. The molecule has 5 nitrogen and oxygen atoms in total. The minimum atomic E-state index is -1.77. The summed E-state index contributed by atoms with van der Waals surface area (Å²) in [6, 6.07) is 8.19. The van der Waals surface area contributed by atoms with Gasteiger partial charge in [-0.3, -0.25) is 0 Å². The van der Waals surface area contributed by atoms with Crippen molar-refractivity contribution in [2.45, 2.75) is 31.7 Å². The number of halogens is 1. The Kier molecular flexibility index (Phi) is 6.66. The van der Waals surface area contributed by atoms with Crippen molar-refractivity contribution in [1.82, 2.24) is 0 Å². The Morgan fingerprint density at radius 1 is 1.45 bits per heavy atom. The van der Waals surface area contributed by atoms with Crippen molar-refractivity contribution < 1.29 is 23.9 Å². The average molecular weight is 283 g/mol. The van der Waals surface area contributed by atoms with E-state index in [4.69, 9.17) is 4.74 Å². The summed E-state index contributed by atoms with van der Waals surface area (Å²) >= 11 is 0. The van der Waals surface area contributed by atoms with E-state index in [0.29, 0.717) is 5.56 Å². The van der Waals surface area contributed by atoms with Crippen LogP contribution in [0, 0.1) is 0 Å². The second-order valence-corrected chi connectivity index (χ2v) is 4.09. The third kappa shape index (κ3) is 4.62. The fraction of sp³-hybridized carbons (Fsp3) is 0.429. The first-order valence-corrected chi connectivity index (χ1v) is 6.25. The number of hydrogen-bond acceptors (Lipinski definition) is 5. The van der Waals surface area contributed by atoms with Gasteiger partial charge in [0.05, 0.1) is 17.9 Å². The summed E-state index contributed by atoms with van der Waals surface area (Å²) in [5, 5.41) is 12.9. The van der Waals surface area contributed by atoms with E-state index in [1.165, 1.54) is 7.11 Å². The van der Waals surface area contributed by atoms with Crippen LogP contribution in [0.3, 0.4) is 0 Å². The molecule has 0 aliphatic heterocycles. The van der Waals surface area contributed by atoms with Crippen molar-refractivity contribution in [2.24, 2.45) is 5.16 Å². The molecule has 110 valence electrons. The molecule has 3 atom stereocenters. The van der Waals surface area contributed by atoms with E-state index in [1.54, 1.807) is 37.3 Å². The second-order valence-electron chi connectivity index (χ2n) is 4.09. The third-order valence-corrected chi connectivity index (χ3v) is 2.67. The van der Waals surface area contributed by atoms with Crippen LogP contribution in [0.2, 0.25) is 0 Å². The van der Waals surface area contributed by atoms with E-state index in [1.807, 2.05) is 0 Å². The fourth-order valence-electron chi connectivity index (χ4n) is 1.51. The molecule has 0 radical (unpaired) electrons. The van der Waals surface area contributed by atoms with Crippen LogP contribution in [0.25, 0.3) is 0 Å². The zero-order valence-electron chi connectivity index (χ0n) is 11.4. The molecule has 0 saturated heterocycles. The van der Waals surface area contributed by atoms with Crippen molar-refractivity contribution in [1.29, 1.82) is 0 Å². The Balaban J connectivity index is 2.79. The summed E-state index contributed by atoms with van der Waals surface area (Å²) < 4.78 is 19.0. The summed E-state index contributed by atoms with van der Waals surface area (Å²) in [6.45, 7) is 1.63. The Bertz CT molecular complexity index is 438. The van der Waals surface area contributed by atoms with Gasteiger partial charge < -0.3 is 14.7 Å². The normalized spacial score (nSPS) is 15.6. The second kappa shape index (κ2) is 8.27. The highest BCUT2D eigenvalue weighted by Crippen LogP contribution is 2.13. The molecule has 1 N–H and O–H groups in total. The summed E-state index contributed by atoms with van der Waals surface area (Å²) in [5.74, 6) is -0.691. The summed E-state index contributed by atoms with van der Waals surface area (Å²) in [7, 11) is 1.29. The number of carbonyl (C=O) groups excluding carboxylic acids is 1. The molecule has 0 spiro atoms. The molecule has 0 aliphatic carbocycles. The van der Waals surface area contributed by atoms with Crippen molar-refractivity contribution in [3.8, 4) is 0 Å². The van der Waals surface area contributed by atoms with Crippen molar-refractivity contribution in [3.05, 3.63) is 35.9 Å². The first-order valence-electron chi connectivity index (χ1n) is 6.25. The molecule has 0 saturated carbocycles. The maximum Gasteiger partial charge on any atom is 0.338 e. The molecule has 0 aromatic heterocycles. The lowest BCUT2D eigenvalue weighted by Crippen LogP contribution is -2.38. The van der Waals surface area contributed by atoms with Crippen LogP contribution in [-0.2, 0) is 9.57 Å². The Morgan fingerprint density at radius 3 is 2.65 bits per heavy atom. The van der Waals surface area contributed by atoms with Crippen molar-refractivity contribution in [3.63, 3.8) is 0 Å². The third-order valence-electron chi connectivity index (χ3n) is 2.67. The van der Waals surface area contributed by atoms with Gasteiger partial charge in [0, 0.05) is 0 Å². The molecule has 0 aliphatic rings. The minimum Gasteiger partial charge on any atom is -0.450 e. The highest BCUT2D eigenvalue weighted by Gasteiger charge is 2.30. The smallest absolute Gasteiger partial charge is 0.338 e. The van der Waals surface area contributed by atoms with Crippen LogP contribution in [-0.4, -0.2) is 42.8 Å². The standard InChI is InChI=1S/C14H18FNO4/c1-3-11(17)13(15)12(9-16-19-2)20-14(18)10-7-5-4-6-8-10/h4-9,11-13,17H,3H2,1-2H3/t11-,12+,13-/m1/s1. The Morgan fingerprint density at radius 2 is 2.10 bits per heavy atom. The molecule has 0 fully saturated rings. The number of aliphatic hydroxyl groups excluding tert-OH is 1. The quantitative estimate of drug-likeness (QED) is 0.472. The number of esters is 1. The van der Waals surface area contributed by atoms with Crippen molar-refractivity contribution >= 4 is 12.2 Å². The van der Waals surface area contributed by atoms with Crippen LogP contribution in [0.15, 0.2) is 35.5 Å². The number of hydrogen-bond donors (Lipinski definition) is 1. The topological polar surface area (TPSA) is 68.1 Å². The molecule has 0 unspecified atom stereocenters. The number of nitrogens with zero attached hydrogens (tertiary/aromatic N) is 1. The number of alkyl halides is 1. The SMILES string of the molecule is CC[C@@H](O)[C@@H](F)[C@H](C=NOC)OC(=O)c1ccccc1. The van der Waals surface area contributed by atoms with E-state index in [-0.39, 0.29) is 6.42 Å². The summed E-state index contributed by atoms with van der Waals surface area (Å²) in [5.41, 5.74) is 0.293. The number of rotatable bonds is 7. The maximum absolute atomic E-state index is 14.0. The van der Waals surface area contributed by atoms with E-state index in [9.17, 15) is 14.3 Å². The van der Waals surface area contributed by atoms with Gasteiger partial charge in [-0.1, -0.05) is 30.3 Å². The molecule has 1 aromatic rings. The lowest BCUT2D eigenvalue weighted by Gasteiger charge is -2.21. The molecule has 0 amide bonds. The number of benzene rings is 1. The van der Waals surface area contributed by atoms with Gasteiger partial charge in [0.25, 0.3) is 0 Å². The predicted octanol–water partition coefficient (Wildman–Crippen LogP) is 1.95. The maximum atomic E-state index is 14.0. The van der Waals surface area contributed by atoms with E-state index >= 15 is 0 Å². The van der Waals surface area contributed by atoms with E-state index < -0.39 is 24.3 Å². The molecule has 20 heavy (non-hydrogen) atoms. The molecule has 0 heterocycles. The summed E-state index contributed by atoms with van der Waals surface area (Å²) in [6.07, 6.45) is -3.11. The molecule has 1 aromatic carbocycles. The monoisotopic (exact) mass is 283 g/mol. The van der Waals surface area contributed by atoms with E-state index in [2.05, 4.69) is 9.99 Å². The molecular formula is C14H18FNO4. The largest absolute Gasteiger partial charge is 0.450 e. The zero-order chi connectivity index (χ0) is 15.0. The van der Waals surface area contributed by atoms with Crippen LogP contribution >= 0.6 is 0 Å². The van der Waals surface area contributed by atoms with Gasteiger partial charge >= 0.3 is 5.97 Å². The first-order chi connectivity index (χ1) is 9.60. The molecule has 0 bridgehead atoms. The van der Waals surface area contributed by atoms with E-state index in [0.717, 1.165) is 6.21 Å². The van der Waals surface area contributed by atoms with Crippen LogP contribution < -0.4 is 0 Å². The van der Waals surface area contributed by atoms with Crippen LogP contribution in [0.5, 0.6) is 0 Å². The average Bonchev–Trinajstić information content (AvgIpc) is 2.50. The Labute approximate surface area is 117 Å². The van der Waals surface area contributed by atoms with Gasteiger partial charge in [-0.2, -0.15) is 0 Å². The molecule has 1 rings (SSSR count). The van der Waals surface area contributed by atoms with Gasteiger partial charge in [0.1, 0.15) is 7.11 Å². The first kappa shape index (κ1) is 16.1. The van der Waals surface area contributed by atoms with Crippen LogP contribution in [0.4, 0.5) is 4.39 Å². The van der Waals surface area contributed by atoms with Crippen LogP contribution in [0.1, 0.15) is 23.7 Å². The lowest BCUT2D eigenvalue weighted by atomic mass is 10.1. The Hall–Kier alpha value is -1.95. The number of carbonyl (C=O) groups is 1. The zero-order valence-corrected chi connectivity index (χ0v) is 11.4. The molecular weight excluding hydrogens is 265 g/mol. The predicted molar refractivity (Wildman–Crippen MR) is 72.3 cm³/mol. The minimum absolute atomic E-state index is 0.196. The van der Waals surface area contributed by atoms with Gasteiger partial charge in [-0.15, -0.1) is 0 Å². The number of aliphatic hydroxyl groups is 1.